The van der Waals surface area contributed by atoms with E-state index >= 15 is 0 Å². The fourth-order valence-corrected chi connectivity index (χ4v) is 5.71. The number of unbranched alkanes of at least 4 members (excludes halogenated alkanes) is 24. The summed E-state index contributed by atoms with van der Waals surface area (Å²) in [6.45, 7) is 4.59. The van der Waals surface area contributed by atoms with E-state index in [0.29, 0.717) is 0 Å². The summed E-state index contributed by atoms with van der Waals surface area (Å²) >= 11 is 0. The Kier molecular flexibility index (Phi) is 35.0. The molecule has 0 heterocycles. The predicted molar refractivity (Wildman–Crippen MR) is 181 cm³/mol. The minimum atomic E-state index is 0.749. The van der Waals surface area contributed by atoms with Crippen molar-refractivity contribution in [2.75, 3.05) is 7.05 Å². The van der Waals surface area contributed by atoms with Crippen LogP contribution in [0.1, 0.15) is 206 Å². The maximum atomic E-state index is 3.59. The van der Waals surface area contributed by atoms with E-state index in [9.17, 15) is 0 Å². The van der Waals surface area contributed by atoms with Gasteiger partial charge in [0.2, 0.25) is 0 Å². The Labute approximate surface area is 248 Å². The van der Waals surface area contributed by atoms with Crippen molar-refractivity contribution in [3.8, 4) is 0 Å². The normalized spacial score (nSPS) is 12.1. The van der Waals surface area contributed by atoms with E-state index in [1.807, 2.05) is 0 Å². The Hall–Kier alpha value is -0.560. The molecule has 0 bridgehead atoms. The molecule has 0 aromatic heterocycles. The molecule has 1 heteroatoms. The quantitative estimate of drug-likeness (QED) is 0.0638. The molecule has 0 aromatic carbocycles. The lowest BCUT2D eigenvalue weighted by Crippen LogP contribution is -2.24. The van der Waals surface area contributed by atoms with Crippen LogP contribution in [0.5, 0.6) is 0 Å². The van der Waals surface area contributed by atoms with E-state index in [4.69, 9.17) is 0 Å². The van der Waals surface area contributed by atoms with E-state index in [2.05, 4.69) is 50.5 Å². The number of hydrogen-bond acceptors (Lipinski definition) is 1. The van der Waals surface area contributed by atoms with Crippen molar-refractivity contribution in [2.45, 2.75) is 213 Å². The van der Waals surface area contributed by atoms with Crippen LogP contribution in [0.4, 0.5) is 0 Å². The molecule has 0 rings (SSSR count). The first-order valence-electron chi connectivity index (χ1n) is 18.3. The summed E-state index contributed by atoms with van der Waals surface area (Å²) in [4.78, 5) is 0. The van der Waals surface area contributed by atoms with E-state index in [0.717, 1.165) is 6.04 Å². The van der Waals surface area contributed by atoms with Crippen LogP contribution in [0.3, 0.4) is 0 Å². The molecule has 0 fully saturated rings. The van der Waals surface area contributed by atoms with Crippen molar-refractivity contribution in [2.24, 2.45) is 0 Å². The monoisotopic (exact) mass is 546 g/mol. The van der Waals surface area contributed by atoms with E-state index in [1.54, 1.807) is 0 Å². The average molecular weight is 546 g/mol. The fourth-order valence-electron chi connectivity index (χ4n) is 5.71. The lowest BCUT2D eigenvalue weighted by atomic mass is 10.00. The van der Waals surface area contributed by atoms with Crippen molar-refractivity contribution < 1.29 is 0 Å². The van der Waals surface area contributed by atoms with Gasteiger partial charge in [0.05, 0.1) is 0 Å². The molecular weight excluding hydrogens is 470 g/mol. The standard InChI is InChI=1S/C38H75N/c1-4-6-8-10-12-14-16-18-20-22-24-26-28-30-32-34-36-38(39-3)37-35-33-31-29-27-25-23-21-19-17-15-13-11-9-7-5-2/h18-21,38-39H,4-17,22-37H2,1-3H3/b20-18-,21-19-. The molecule has 0 aliphatic rings. The molecule has 0 aliphatic heterocycles. The van der Waals surface area contributed by atoms with Gasteiger partial charge in [0.1, 0.15) is 0 Å². The summed E-state index contributed by atoms with van der Waals surface area (Å²) in [5.74, 6) is 0. The van der Waals surface area contributed by atoms with Crippen LogP contribution >= 0.6 is 0 Å². The van der Waals surface area contributed by atoms with Crippen molar-refractivity contribution in [1.82, 2.24) is 5.32 Å². The van der Waals surface area contributed by atoms with Gasteiger partial charge in [-0.25, -0.2) is 0 Å². The summed E-state index contributed by atoms with van der Waals surface area (Å²) in [6, 6.07) is 0.749. The highest BCUT2D eigenvalue weighted by Gasteiger charge is 2.05. The topological polar surface area (TPSA) is 12.0 Å². The maximum Gasteiger partial charge on any atom is 0.00640 e. The minimum Gasteiger partial charge on any atom is -0.317 e. The summed E-state index contributed by atoms with van der Waals surface area (Å²) in [5, 5.41) is 3.59. The second kappa shape index (κ2) is 35.5. The Morgan fingerprint density at radius 3 is 0.897 bits per heavy atom. The van der Waals surface area contributed by atoms with Crippen LogP contribution in [0, 0.1) is 0 Å². The average Bonchev–Trinajstić information content (AvgIpc) is 2.95. The first-order valence-corrected chi connectivity index (χ1v) is 18.3. The Morgan fingerprint density at radius 1 is 0.359 bits per heavy atom. The molecule has 232 valence electrons. The lowest BCUT2D eigenvalue weighted by molar-refractivity contribution is 0.435. The van der Waals surface area contributed by atoms with Crippen molar-refractivity contribution in [3.05, 3.63) is 24.3 Å². The Balaban J connectivity index is 3.34. The van der Waals surface area contributed by atoms with Crippen LogP contribution in [0.25, 0.3) is 0 Å². The molecule has 0 saturated carbocycles. The van der Waals surface area contributed by atoms with Crippen molar-refractivity contribution >= 4 is 0 Å². The predicted octanol–water partition coefficient (Wildman–Crippen LogP) is 13.4. The van der Waals surface area contributed by atoms with Gasteiger partial charge in [-0.1, -0.05) is 167 Å². The molecule has 0 aliphatic carbocycles. The summed E-state index contributed by atoms with van der Waals surface area (Å²) in [6.07, 6.45) is 51.7. The lowest BCUT2D eigenvalue weighted by Gasteiger charge is -2.16. The zero-order valence-corrected chi connectivity index (χ0v) is 27.6. The smallest absolute Gasteiger partial charge is 0.00640 e. The van der Waals surface area contributed by atoms with Crippen LogP contribution in [0.15, 0.2) is 24.3 Å². The van der Waals surface area contributed by atoms with Gasteiger partial charge in [0.25, 0.3) is 0 Å². The van der Waals surface area contributed by atoms with E-state index < -0.39 is 0 Å². The third kappa shape index (κ3) is 33.5. The molecule has 0 spiro atoms. The molecule has 1 nitrogen and oxygen atoms in total. The fraction of sp³-hybridized carbons (Fsp3) is 0.895. The minimum absolute atomic E-state index is 0.749. The largest absolute Gasteiger partial charge is 0.317 e. The van der Waals surface area contributed by atoms with Crippen molar-refractivity contribution in [3.63, 3.8) is 0 Å². The van der Waals surface area contributed by atoms with E-state index in [1.165, 1.54) is 193 Å². The van der Waals surface area contributed by atoms with Crippen LogP contribution < -0.4 is 5.32 Å². The van der Waals surface area contributed by atoms with Crippen LogP contribution in [0.2, 0.25) is 0 Å². The third-order valence-electron chi connectivity index (χ3n) is 8.54. The zero-order valence-electron chi connectivity index (χ0n) is 27.6. The highest BCUT2D eigenvalue weighted by atomic mass is 14.9. The number of hydrogen-bond donors (Lipinski definition) is 1. The molecule has 0 saturated heterocycles. The molecular formula is C38H75N. The molecule has 0 aromatic rings. The third-order valence-corrected chi connectivity index (χ3v) is 8.54. The highest BCUT2D eigenvalue weighted by molar-refractivity contribution is 4.82. The number of nitrogens with one attached hydrogen (secondary N) is 1. The first-order chi connectivity index (χ1) is 19.3. The van der Waals surface area contributed by atoms with Gasteiger partial charge in [-0.15, -0.1) is 0 Å². The number of rotatable bonds is 33. The van der Waals surface area contributed by atoms with Gasteiger partial charge in [0.15, 0.2) is 0 Å². The molecule has 1 N–H and O–H groups in total. The highest BCUT2D eigenvalue weighted by Crippen LogP contribution is 2.15. The Bertz CT molecular complexity index is 437. The Morgan fingerprint density at radius 2 is 0.615 bits per heavy atom. The maximum absolute atomic E-state index is 3.59. The molecule has 0 amide bonds. The first kappa shape index (κ1) is 38.4. The van der Waals surface area contributed by atoms with Gasteiger partial charge < -0.3 is 5.32 Å². The molecule has 0 unspecified atom stereocenters. The summed E-state index contributed by atoms with van der Waals surface area (Å²) < 4.78 is 0. The van der Waals surface area contributed by atoms with Gasteiger partial charge in [-0.3, -0.25) is 0 Å². The molecule has 39 heavy (non-hydrogen) atoms. The zero-order chi connectivity index (χ0) is 28.3. The summed E-state index contributed by atoms with van der Waals surface area (Å²) in [7, 11) is 2.17. The van der Waals surface area contributed by atoms with Gasteiger partial charge in [-0.05, 0) is 71.3 Å². The van der Waals surface area contributed by atoms with Crippen LogP contribution in [-0.4, -0.2) is 13.1 Å². The van der Waals surface area contributed by atoms with Gasteiger partial charge in [0, 0.05) is 6.04 Å². The number of allylic oxidation sites excluding steroid dienone is 4. The molecule has 0 radical (unpaired) electrons. The summed E-state index contributed by atoms with van der Waals surface area (Å²) in [5.41, 5.74) is 0. The molecule has 0 atom stereocenters. The SMILES string of the molecule is CCCCCCCC/C=C\CCCCCCCCC(CCCCCCCC/C=C\CCCCCCCC)NC. The van der Waals surface area contributed by atoms with E-state index in [-0.39, 0.29) is 0 Å². The van der Waals surface area contributed by atoms with Gasteiger partial charge in [-0.2, -0.15) is 0 Å². The van der Waals surface area contributed by atoms with Crippen molar-refractivity contribution in [1.29, 1.82) is 0 Å². The van der Waals surface area contributed by atoms with Gasteiger partial charge >= 0.3 is 0 Å². The second-order valence-electron chi connectivity index (χ2n) is 12.4. The second-order valence-corrected chi connectivity index (χ2v) is 12.4. The van der Waals surface area contributed by atoms with Crippen LogP contribution in [-0.2, 0) is 0 Å².